The normalized spacial score (nSPS) is 36.3. The molecule has 5 heteroatoms. The standard InChI is InChI=1S/C36H40O5/c1-21-33-28(20-37)19-35(36(33,40)41-3)32(39)12-8-22-5-4-6-23(13-22)15-30-29-17-27-14-24(18-34(21,35)2)7-9-25(27)16-26(29)10-11-31(30)38/h4-7,9,13-14,16-17,28,30-31,33,37-38,40H,1,8,10-12,15,18-20H2,2-3H3/t28-,30+,31-,33+,34-,35+,36+/m1/s1. The lowest BCUT2D eigenvalue weighted by Crippen LogP contribution is -2.56. The highest BCUT2D eigenvalue weighted by atomic mass is 16.6. The van der Waals surface area contributed by atoms with E-state index < -0.39 is 28.6 Å². The van der Waals surface area contributed by atoms with Gasteiger partial charge in [-0.3, -0.25) is 4.79 Å². The van der Waals surface area contributed by atoms with Crippen LogP contribution in [0.15, 0.2) is 66.7 Å². The third-order valence-electron chi connectivity index (χ3n) is 11.5. The maximum atomic E-state index is 14.6. The van der Waals surface area contributed by atoms with Crippen molar-refractivity contribution in [1.82, 2.24) is 0 Å². The Kier molecular flexibility index (Phi) is 6.16. The molecule has 4 aliphatic carbocycles. The summed E-state index contributed by atoms with van der Waals surface area (Å²) in [4.78, 5) is 14.6. The number of carbonyl (C=O) groups is 1. The van der Waals surface area contributed by atoms with Gasteiger partial charge in [0, 0.05) is 37.4 Å². The lowest BCUT2D eigenvalue weighted by Gasteiger charge is -2.48. The molecular weight excluding hydrogens is 512 g/mol. The highest BCUT2D eigenvalue weighted by Gasteiger charge is 2.80. The summed E-state index contributed by atoms with van der Waals surface area (Å²) < 4.78 is 5.90. The van der Waals surface area contributed by atoms with Crippen LogP contribution < -0.4 is 0 Å². The van der Waals surface area contributed by atoms with Gasteiger partial charge < -0.3 is 20.1 Å². The number of aliphatic hydroxyl groups is 3. The minimum atomic E-state index is -1.73. The molecule has 0 saturated heterocycles. The van der Waals surface area contributed by atoms with Crippen molar-refractivity contribution in [1.29, 1.82) is 0 Å². The van der Waals surface area contributed by atoms with E-state index in [4.69, 9.17) is 4.74 Å². The summed E-state index contributed by atoms with van der Waals surface area (Å²) in [6, 6.07) is 19.4. The Balaban J connectivity index is 1.44. The number of aryl methyl sites for hydroxylation is 2. The summed E-state index contributed by atoms with van der Waals surface area (Å²) in [5.41, 5.74) is 4.65. The Labute approximate surface area is 241 Å². The molecule has 2 saturated carbocycles. The average molecular weight is 553 g/mol. The molecule has 0 aliphatic heterocycles. The maximum Gasteiger partial charge on any atom is 0.185 e. The van der Waals surface area contributed by atoms with Crippen molar-refractivity contribution in [3.63, 3.8) is 0 Å². The predicted molar refractivity (Wildman–Crippen MR) is 159 cm³/mol. The highest BCUT2D eigenvalue weighted by molar-refractivity contribution is 5.90. The van der Waals surface area contributed by atoms with Crippen molar-refractivity contribution < 1.29 is 24.9 Å². The number of hydrogen-bond acceptors (Lipinski definition) is 5. The van der Waals surface area contributed by atoms with Crippen LogP contribution in [-0.2, 0) is 35.2 Å². The van der Waals surface area contributed by atoms with Crippen molar-refractivity contribution in [2.75, 3.05) is 13.7 Å². The Morgan fingerprint density at radius 3 is 2.59 bits per heavy atom. The van der Waals surface area contributed by atoms with Crippen LogP contribution in [0.5, 0.6) is 0 Å². The SMILES string of the molecule is C=C1[C@H]2[C@@H](CO)C[C@@]3(C(=O)CCc4cccc(c4)C[C@H]4c5cc6cc(ccc6cc5CC[C@H]4O)C[C@]13C)[C@@]2(O)OC. The number of Topliss-reactive ketones (excluding diaryl/α,β-unsaturated/α-hetero) is 1. The van der Waals surface area contributed by atoms with E-state index in [1.165, 1.54) is 23.6 Å². The van der Waals surface area contributed by atoms with Crippen LogP contribution in [0.25, 0.3) is 10.8 Å². The second-order valence-electron chi connectivity index (χ2n) is 13.4. The Hall–Kier alpha value is -2.83. The second-order valence-corrected chi connectivity index (χ2v) is 13.4. The number of ketones is 1. The number of carbonyl (C=O) groups excluding carboxylic acids is 1. The fraction of sp³-hybridized carbons (Fsp3) is 0.472. The average Bonchev–Trinajstić information content (AvgIpc) is 3.32. The maximum absolute atomic E-state index is 14.6. The molecule has 1 spiro atoms. The lowest BCUT2D eigenvalue weighted by atomic mass is 9.55. The number of rotatable bonds is 2. The van der Waals surface area contributed by atoms with Gasteiger partial charge in [0.05, 0.1) is 11.5 Å². The van der Waals surface area contributed by atoms with E-state index in [0.29, 0.717) is 19.3 Å². The molecule has 0 aromatic heterocycles. The molecule has 3 aromatic carbocycles. The zero-order chi connectivity index (χ0) is 28.7. The van der Waals surface area contributed by atoms with Gasteiger partial charge in [0.2, 0.25) is 0 Å². The van der Waals surface area contributed by atoms with E-state index in [2.05, 4.69) is 62.0 Å². The molecule has 41 heavy (non-hydrogen) atoms. The number of ether oxygens (including phenoxy) is 1. The van der Waals surface area contributed by atoms with E-state index in [1.807, 2.05) is 6.07 Å². The molecule has 4 aliphatic rings. The molecule has 214 valence electrons. The van der Waals surface area contributed by atoms with Gasteiger partial charge in [-0.15, -0.1) is 0 Å². The monoisotopic (exact) mass is 552 g/mol. The van der Waals surface area contributed by atoms with Gasteiger partial charge in [0.15, 0.2) is 5.79 Å². The summed E-state index contributed by atoms with van der Waals surface area (Å²) in [6.45, 7) is 6.43. The van der Waals surface area contributed by atoms with E-state index in [-0.39, 0.29) is 30.6 Å². The molecule has 7 bridgehead atoms. The van der Waals surface area contributed by atoms with Crippen LogP contribution in [0, 0.1) is 22.7 Å². The first-order valence-electron chi connectivity index (χ1n) is 15.1. The van der Waals surface area contributed by atoms with Gasteiger partial charge in [-0.1, -0.05) is 73.7 Å². The van der Waals surface area contributed by atoms with Crippen LogP contribution in [-0.4, -0.2) is 46.7 Å². The van der Waals surface area contributed by atoms with Crippen LogP contribution in [0.4, 0.5) is 0 Å². The molecule has 0 heterocycles. The van der Waals surface area contributed by atoms with Gasteiger partial charge in [-0.05, 0) is 83.0 Å². The van der Waals surface area contributed by atoms with Crippen molar-refractivity contribution in [3.05, 3.63) is 94.6 Å². The van der Waals surface area contributed by atoms with Crippen LogP contribution in [0.2, 0.25) is 0 Å². The number of fused-ring (bicyclic) bond motifs is 4. The number of benzene rings is 3. The van der Waals surface area contributed by atoms with Crippen molar-refractivity contribution in [2.45, 2.75) is 69.7 Å². The number of methoxy groups -OCH3 is 1. The zero-order valence-corrected chi connectivity index (χ0v) is 24.0. The van der Waals surface area contributed by atoms with E-state index in [1.54, 1.807) is 0 Å². The summed E-state index contributed by atoms with van der Waals surface area (Å²) in [7, 11) is 1.48. The quantitative estimate of drug-likeness (QED) is 0.306. The van der Waals surface area contributed by atoms with Gasteiger partial charge in [0.25, 0.3) is 0 Å². The largest absolute Gasteiger partial charge is 0.396 e. The van der Waals surface area contributed by atoms with Crippen molar-refractivity contribution in [3.8, 4) is 0 Å². The lowest BCUT2D eigenvalue weighted by molar-refractivity contribution is -0.254. The van der Waals surface area contributed by atoms with Gasteiger partial charge >= 0.3 is 0 Å². The van der Waals surface area contributed by atoms with E-state index in [9.17, 15) is 20.1 Å². The van der Waals surface area contributed by atoms with Crippen LogP contribution in [0.1, 0.15) is 59.9 Å². The second kappa shape index (κ2) is 9.34. The first-order chi connectivity index (χ1) is 19.6. The Bertz CT molecular complexity index is 1580. The molecule has 7 rings (SSSR count). The molecule has 3 N–H and O–H groups in total. The van der Waals surface area contributed by atoms with E-state index >= 15 is 0 Å². The zero-order valence-electron chi connectivity index (χ0n) is 24.0. The molecule has 0 radical (unpaired) electrons. The van der Waals surface area contributed by atoms with Crippen LogP contribution in [0.3, 0.4) is 0 Å². The molecule has 0 amide bonds. The minimum absolute atomic E-state index is 0.0230. The molecule has 7 atom stereocenters. The molecular formula is C36H40O5. The third kappa shape index (κ3) is 3.59. The molecule has 2 fully saturated rings. The van der Waals surface area contributed by atoms with Crippen LogP contribution >= 0.6 is 0 Å². The predicted octanol–water partition coefficient (Wildman–Crippen LogP) is 5.06. The number of hydrogen-bond donors (Lipinski definition) is 3. The smallest absolute Gasteiger partial charge is 0.185 e. The first-order valence-corrected chi connectivity index (χ1v) is 15.1. The third-order valence-corrected chi connectivity index (χ3v) is 11.5. The Morgan fingerprint density at radius 2 is 1.80 bits per heavy atom. The minimum Gasteiger partial charge on any atom is -0.396 e. The summed E-state index contributed by atoms with van der Waals surface area (Å²) in [6.07, 6.45) is 3.69. The van der Waals surface area contributed by atoms with E-state index in [0.717, 1.165) is 46.9 Å². The summed E-state index contributed by atoms with van der Waals surface area (Å²) >= 11 is 0. The van der Waals surface area contributed by atoms with Crippen molar-refractivity contribution in [2.24, 2.45) is 22.7 Å². The van der Waals surface area contributed by atoms with Gasteiger partial charge in [0.1, 0.15) is 5.78 Å². The molecule has 3 aromatic rings. The number of aliphatic hydroxyl groups excluding tert-OH is 2. The molecule has 5 nitrogen and oxygen atoms in total. The highest BCUT2D eigenvalue weighted by Crippen LogP contribution is 2.74. The van der Waals surface area contributed by atoms with Gasteiger partial charge in [-0.2, -0.15) is 0 Å². The Morgan fingerprint density at radius 1 is 1.00 bits per heavy atom. The van der Waals surface area contributed by atoms with Gasteiger partial charge in [-0.25, -0.2) is 0 Å². The summed E-state index contributed by atoms with van der Waals surface area (Å²) in [5.74, 6) is -2.54. The summed E-state index contributed by atoms with van der Waals surface area (Å²) in [5, 5.41) is 36.0. The fourth-order valence-electron chi connectivity index (χ4n) is 9.44. The first kappa shape index (κ1) is 27.0. The molecule has 0 unspecified atom stereocenters. The topological polar surface area (TPSA) is 87.0 Å². The van der Waals surface area contributed by atoms with Crippen molar-refractivity contribution >= 4 is 16.6 Å². The fourth-order valence-corrected chi connectivity index (χ4v) is 9.44.